The predicted octanol–water partition coefficient (Wildman–Crippen LogP) is 3.93. The number of benzene rings is 1. The number of nitrogens with two attached hydrogens (primary N) is 1. The average molecular weight is 240 g/mol. The van der Waals surface area contributed by atoms with Crippen molar-refractivity contribution in [2.24, 2.45) is 5.92 Å². The van der Waals surface area contributed by atoms with Crippen molar-refractivity contribution in [3.8, 4) is 0 Å². The Kier molecular flexibility index (Phi) is 4.81. The van der Waals surface area contributed by atoms with Crippen LogP contribution in [-0.4, -0.2) is 5.78 Å². The van der Waals surface area contributed by atoms with E-state index in [0.717, 1.165) is 12.8 Å². The summed E-state index contributed by atoms with van der Waals surface area (Å²) < 4.78 is 0. The molecule has 1 rings (SSSR count). The van der Waals surface area contributed by atoms with E-state index in [0.29, 0.717) is 28.6 Å². The van der Waals surface area contributed by atoms with E-state index in [1.54, 1.807) is 18.2 Å². The molecule has 0 heterocycles. The fourth-order valence-electron chi connectivity index (χ4n) is 1.75. The maximum Gasteiger partial charge on any atom is 0.163 e. The van der Waals surface area contributed by atoms with E-state index >= 15 is 0 Å². The van der Waals surface area contributed by atoms with Crippen LogP contribution >= 0.6 is 11.6 Å². The van der Waals surface area contributed by atoms with Gasteiger partial charge >= 0.3 is 0 Å². The van der Waals surface area contributed by atoms with Gasteiger partial charge in [0.25, 0.3) is 0 Å². The van der Waals surface area contributed by atoms with Crippen LogP contribution in [0.1, 0.15) is 43.5 Å². The molecule has 1 atom stereocenters. The highest BCUT2D eigenvalue weighted by molar-refractivity contribution is 6.33. The Morgan fingerprint density at radius 3 is 2.75 bits per heavy atom. The number of carbonyl (C=O) groups is 1. The van der Waals surface area contributed by atoms with Crippen molar-refractivity contribution >= 4 is 23.1 Å². The van der Waals surface area contributed by atoms with Gasteiger partial charge < -0.3 is 5.73 Å². The first-order valence-electron chi connectivity index (χ1n) is 5.62. The molecule has 1 aromatic carbocycles. The van der Waals surface area contributed by atoms with Gasteiger partial charge in [-0.25, -0.2) is 0 Å². The number of Topliss-reactive ketones (excluding diaryl/α,β-unsaturated/α-hetero) is 1. The molecule has 0 aromatic heterocycles. The highest BCUT2D eigenvalue weighted by Gasteiger charge is 2.11. The average Bonchev–Trinajstić information content (AvgIpc) is 2.22. The summed E-state index contributed by atoms with van der Waals surface area (Å²) in [5.74, 6) is 0.568. The normalized spacial score (nSPS) is 12.4. The van der Waals surface area contributed by atoms with Gasteiger partial charge in [0.1, 0.15) is 0 Å². The minimum Gasteiger partial charge on any atom is -0.398 e. The van der Waals surface area contributed by atoms with Gasteiger partial charge in [0, 0.05) is 12.0 Å². The van der Waals surface area contributed by atoms with E-state index in [9.17, 15) is 4.79 Å². The van der Waals surface area contributed by atoms with Gasteiger partial charge in [-0.05, 0) is 24.1 Å². The quantitative estimate of drug-likeness (QED) is 0.625. The second-order valence-corrected chi connectivity index (χ2v) is 4.66. The van der Waals surface area contributed by atoms with Crippen LogP contribution in [0.5, 0.6) is 0 Å². The second kappa shape index (κ2) is 5.90. The first kappa shape index (κ1) is 13.0. The van der Waals surface area contributed by atoms with Crippen molar-refractivity contribution in [1.82, 2.24) is 0 Å². The number of halogens is 1. The molecule has 0 fully saturated rings. The van der Waals surface area contributed by atoms with E-state index < -0.39 is 0 Å². The highest BCUT2D eigenvalue weighted by Crippen LogP contribution is 2.21. The van der Waals surface area contributed by atoms with Gasteiger partial charge in [-0.2, -0.15) is 0 Å². The Morgan fingerprint density at radius 1 is 1.50 bits per heavy atom. The molecule has 0 aliphatic carbocycles. The Hall–Kier alpha value is -1.02. The molecule has 3 heteroatoms. The third kappa shape index (κ3) is 3.53. The molecule has 1 aromatic rings. The summed E-state index contributed by atoms with van der Waals surface area (Å²) in [6, 6.07) is 5.07. The number of hydrogen-bond acceptors (Lipinski definition) is 2. The number of anilines is 1. The fourth-order valence-corrected chi connectivity index (χ4v) is 1.86. The molecule has 0 spiro atoms. The van der Waals surface area contributed by atoms with E-state index in [-0.39, 0.29) is 5.78 Å². The minimum atomic E-state index is 0.143. The van der Waals surface area contributed by atoms with Crippen LogP contribution in [0.25, 0.3) is 0 Å². The zero-order chi connectivity index (χ0) is 12.1. The molecule has 1 unspecified atom stereocenters. The van der Waals surface area contributed by atoms with Gasteiger partial charge in [0.2, 0.25) is 0 Å². The van der Waals surface area contributed by atoms with E-state index in [1.807, 2.05) is 0 Å². The van der Waals surface area contributed by atoms with E-state index in [2.05, 4.69) is 13.8 Å². The van der Waals surface area contributed by atoms with E-state index in [1.165, 1.54) is 0 Å². The summed E-state index contributed by atoms with van der Waals surface area (Å²) >= 11 is 5.80. The molecule has 0 radical (unpaired) electrons. The van der Waals surface area contributed by atoms with Crippen molar-refractivity contribution in [1.29, 1.82) is 0 Å². The Labute approximate surface area is 102 Å². The monoisotopic (exact) mass is 239 g/mol. The molecule has 88 valence electrons. The fraction of sp³-hybridized carbons (Fsp3) is 0.462. The van der Waals surface area contributed by atoms with Crippen LogP contribution in [-0.2, 0) is 0 Å². The van der Waals surface area contributed by atoms with Crippen molar-refractivity contribution in [2.75, 3.05) is 5.73 Å². The van der Waals surface area contributed by atoms with Gasteiger partial charge in [-0.15, -0.1) is 0 Å². The molecule has 0 bridgehead atoms. The zero-order valence-electron chi connectivity index (χ0n) is 9.79. The van der Waals surface area contributed by atoms with Crippen LogP contribution in [0.3, 0.4) is 0 Å². The summed E-state index contributed by atoms with van der Waals surface area (Å²) in [6.07, 6.45) is 2.76. The molecular weight excluding hydrogens is 222 g/mol. The number of ketones is 1. The third-order valence-electron chi connectivity index (χ3n) is 2.63. The Bertz CT molecular complexity index is 376. The molecule has 0 saturated heterocycles. The molecule has 0 amide bonds. The van der Waals surface area contributed by atoms with E-state index in [4.69, 9.17) is 17.3 Å². The summed E-state index contributed by atoms with van der Waals surface area (Å²) in [5, 5.41) is 0.498. The lowest BCUT2D eigenvalue weighted by atomic mass is 9.96. The largest absolute Gasteiger partial charge is 0.398 e. The Balaban J connectivity index is 2.69. The number of rotatable bonds is 5. The lowest BCUT2D eigenvalue weighted by Crippen LogP contribution is -2.06. The van der Waals surface area contributed by atoms with Gasteiger partial charge in [0.05, 0.1) is 10.7 Å². The third-order valence-corrected chi connectivity index (χ3v) is 2.98. The molecule has 2 N–H and O–H groups in total. The topological polar surface area (TPSA) is 43.1 Å². The lowest BCUT2D eigenvalue weighted by Gasteiger charge is -2.09. The Morgan fingerprint density at radius 2 is 2.19 bits per heavy atom. The minimum absolute atomic E-state index is 0.143. The predicted molar refractivity (Wildman–Crippen MR) is 68.9 cm³/mol. The maximum absolute atomic E-state index is 11.9. The number of nitrogen functional groups attached to an aromatic ring is 1. The highest BCUT2D eigenvalue weighted by atomic mass is 35.5. The maximum atomic E-state index is 11.9. The number of carbonyl (C=O) groups excluding carboxylic acids is 1. The van der Waals surface area contributed by atoms with Gasteiger partial charge in [-0.1, -0.05) is 38.3 Å². The van der Waals surface area contributed by atoms with Gasteiger partial charge in [0.15, 0.2) is 5.78 Å². The van der Waals surface area contributed by atoms with Crippen LogP contribution in [0.2, 0.25) is 5.02 Å². The molecular formula is C13H18ClNO. The lowest BCUT2D eigenvalue weighted by molar-refractivity contribution is 0.0962. The van der Waals surface area contributed by atoms with Crippen LogP contribution in [0, 0.1) is 5.92 Å². The van der Waals surface area contributed by atoms with Crippen LogP contribution in [0.4, 0.5) is 5.69 Å². The smallest absolute Gasteiger partial charge is 0.163 e. The standard InChI is InChI=1S/C13H18ClNO/c1-3-4-9(2)7-13(16)10-5-6-11(14)12(15)8-10/h5-6,8-9H,3-4,7,15H2,1-2H3. The molecule has 16 heavy (non-hydrogen) atoms. The molecule has 0 aliphatic heterocycles. The van der Waals surface area contributed by atoms with Crippen LogP contribution < -0.4 is 5.73 Å². The SMILES string of the molecule is CCCC(C)CC(=O)c1ccc(Cl)c(N)c1. The number of hydrogen-bond donors (Lipinski definition) is 1. The van der Waals surface area contributed by atoms with Crippen LogP contribution in [0.15, 0.2) is 18.2 Å². The first-order chi connectivity index (χ1) is 7.54. The molecule has 2 nitrogen and oxygen atoms in total. The first-order valence-corrected chi connectivity index (χ1v) is 6.00. The summed E-state index contributed by atoms with van der Waals surface area (Å²) in [5.41, 5.74) is 6.79. The summed E-state index contributed by atoms with van der Waals surface area (Å²) in [4.78, 5) is 11.9. The zero-order valence-corrected chi connectivity index (χ0v) is 10.6. The summed E-state index contributed by atoms with van der Waals surface area (Å²) in [6.45, 7) is 4.22. The van der Waals surface area contributed by atoms with Crippen molar-refractivity contribution in [2.45, 2.75) is 33.1 Å². The summed E-state index contributed by atoms with van der Waals surface area (Å²) in [7, 11) is 0. The van der Waals surface area contributed by atoms with Crippen molar-refractivity contribution < 1.29 is 4.79 Å². The van der Waals surface area contributed by atoms with Crippen molar-refractivity contribution in [3.63, 3.8) is 0 Å². The van der Waals surface area contributed by atoms with Crippen molar-refractivity contribution in [3.05, 3.63) is 28.8 Å². The van der Waals surface area contributed by atoms with Gasteiger partial charge in [-0.3, -0.25) is 4.79 Å². The second-order valence-electron chi connectivity index (χ2n) is 4.26. The molecule has 0 aliphatic rings. The molecule has 0 saturated carbocycles.